The lowest BCUT2D eigenvalue weighted by atomic mass is 10.0. The van der Waals surface area contributed by atoms with Gasteiger partial charge in [-0.05, 0) is 29.7 Å². The smallest absolute Gasteiger partial charge is 0.0393 e. The molecule has 0 fully saturated rings. The summed E-state index contributed by atoms with van der Waals surface area (Å²) in [4.78, 5) is 0. The third-order valence-corrected chi connectivity index (χ3v) is 2.58. The maximum Gasteiger partial charge on any atom is 0.0393 e. The van der Waals surface area contributed by atoms with Gasteiger partial charge in [-0.15, -0.1) is 0 Å². The zero-order valence-corrected chi connectivity index (χ0v) is 10.8. The van der Waals surface area contributed by atoms with Gasteiger partial charge in [-0.25, -0.2) is 0 Å². The highest BCUT2D eigenvalue weighted by atomic mass is 14.6. The second-order valence-corrected chi connectivity index (χ2v) is 3.77. The molecule has 0 radical (unpaired) electrons. The molecule has 1 aromatic rings. The molecule has 18 heavy (non-hydrogen) atoms. The van der Waals surface area contributed by atoms with Crippen LogP contribution in [0, 0.1) is 0 Å². The van der Waals surface area contributed by atoms with E-state index in [1.807, 2.05) is 55.5 Å². The molecule has 0 aliphatic rings. The van der Waals surface area contributed by atoms with E-state index >= 15 is 0 Å². The topological polar surface area (TPSA) is 26.0 Å². The standard InChI is InChI=1S/C17H19N/c1-4-10-14(5-2)15(6-3)13-17(18)16-11-8-7-9-12-16/h4-13H,1-2,18H2,3H3/b14-10+,15-6+,17-13-. The Labute approximate surface area is 109 Å². The van der Waals surface area contributed by atoms with Crippen molar-refractivity contribution >= 4 is 5.70 Å². The fourth-order valence-electron chi connectivity index (χ4n) is 1.62. The van der Waals surface area contributed by atoms with Crippen molar-refractivity contribution in [3.63, 3.8) is 0 Å². The van der Waals surface area contributed by atoms with Gasteiger partial charge in [-0.3, -0.25) is 0 Å². The molecule has 0 saturated carbocycles. The zero-order chi connectivity index (χ0) is 13.4. The van der Waals surface area contributed by atoms with Crippen LogP contribution in [0.1, 0.15) is 12.5 Å². The molecule has 0 saturated heterocycles. The van der Waals surface area contributed by atoms with Gasteiger partial charge in [-0.2, -0.15) is 0 Å². The Morgan fingerprint density at radius 1 is 1.11 bits per heavy atom. The Hall–Kier alpha value is -2.28. The number of allylic oxidation sites excluding steroid dienone is 7. The molecule has 2 N–H and O–H groups in total. The molecule has 0 aromatic heterocycles. The number of rotatable bonds is 5. The highest BCUT2D eigenvalue weighted by Gasteiger charge is 2.00. The quantitative estimate of drug-likeness (QED) is 0.762. The van der Waals surface area contributed by atoms with Crippen LogP contribution in [0.25, 0.3) is 5.70 Å². The van der Waals surface area contributed by atoms with Gasteiger partial charge in [0.15, 0.2) is 0 Å². The molecule has 1 heteroatoms. The van der Waals surface area contributed by atoms with Crippen LogP contribution < -0.4 is 5.73 Å². The minimum Gasteiger partial charge on any atom is -0.398 e. The molecule has 0 unspecified atom stereocenters. The summed E-state index contributed by atoms with van der Waals surface area (Å²) in [6, 6.07) is 9.90. The molecular weight excluding hydrogens is 218 g/mol. The number of nitrogens with two attached hydrogens (primary N) is 1. The first kappa shape index (κ1) is 13.8. The number of benzene rings is 1. The van der Waals surface area contributed by atoms with Crippen LogP contribution in [0.5, 0.6) is 0 Å². The number of hydrogen-bond donors (Lipinski definition) is 1. The first-order valence-corrected chi connectivity index (χ1v) is 5.87. The molecule has 0 bridgehead atoms. The molecule has 1 aromatic carbocycles. The number of hydrogen-bond acceptors (Lipinski definition) is 1. The van der Waals surface area contributed by atoms with Crippen molar-refractivity contribution < 1.29 is 0 Å². The third kappa shape index (κ3) is 3.63. The average molecular weight is 237 g/mol. The van der Waals surface area contributed by atoms with Gasteiger partial charge in [0.05, 0.1) is 0 Å². The lowest BCUT2D eigenvalue weighted by Gasteiger charge is -2.06. The van der Waals surface area contributed by atoms with Gasteiger partial charge in [-0.1, -0.05) is 67.8 Å². The molecular formula is C17H19N. The van der Waals surface area contributed by atoms with Gasteiger partial charge < -0.3 is 5.73 Å². The largest absolute Gasteiger partial charge is 0.398 e. The highest BCUT2D eigenvalue weighted by Crippen LogP contribution is 2.17. The van der Waals surface area contributed by atoms with Crippen LogP contribution in [0.4, 0.5) is 0 Å². The van der Waals surface area contributed by atoms with Crippen LogP contribution >= 0.6 is 0 Å². The minimum atomic E-state index is 0.737. The van der Waals surface area contributed by atoms with E-state index in [4.69, 9.17) is 5.73 Å². The van der Waals surface area contributed by atoms with E-state index in [2.05, 4.69) is 13.2 Å². The van der Waals surface area contributed by atoms with E-state index in [0.717, 1.165) is 22.4 Å². The second-order valence-electron chi connectivity index (χ2n) is 3.77. The SMILES string of the molecule is C=C/C=C(C=C)/C(/C=C(\N)c1ccccc1)=C/C. The van der Waals surface area contributed by atoms with E-state index in [0.29, 0.717) is 0 Å². The maximum absolute atomic E-state index is 6.09. The first-order chi connectivity index (χ1) is 8.72. The van der Waals surface area contributed by atoms with Crippen molar-refractivity contribution in [2.24, 2.45) is 5.73 Å². The van der Waals surface area contributed by atoms with Gasteiger partial charge in [0.2, 0.25) is 0 Å². The van der Waals surface area contributed by atoms with E-state index in [-0.39, 0.29) is 0 Å². The Kier molecular flexibility index (Phi) is 5.46. The van der Waals surface area contributed by atoms with Crippen LogP contribution in [-0.2, 0) is 0 Å². The van der Waals surface area contributed by atoms with Crippen molar-refractivity contribution in [2.75, 3.05) is 0 Å². The summed E-state index contributed by atoms with van der Waals surface area (Å²) in [7, 11) is 0. The first-order valence-electron chi connectivity index (χ1n) is 5.87. The van der Waals surface area contributed by atoms with Crippen LogP contribution in [-0.4, -0.2) is 0 Å². The Balaban J connectivity index is 3.10. The normalized spacial score (nSPS) is 13.3. The maximum atomic E-state index is 6.09. The highest BCUT2D eigenvalue weighted by molar-refractivity contribution is 5.68. The lowest BCUT2D eigenvalue weighted by Crippen LogP contribution is -1.97. The predicted octanol–water partition coefficient (Wildman–Crippen LogP) is 4.23. The summed E-state index contributed by atoms with van der Waals surface area (Å²) < 4.78 is 0. The molecule has 0 atom stereocenters. The lowest BCUT2D eigenvalue weighted by molar-refractivity contribution is 1.45. The Morgan fingerprint density at radius 2 is 1.78 bits per heavy atom. The van der Waals surface area contributed by atoms with Crippen LogP contribution in [0.3, 0.4) is 0 Å². The Morgan fingerprint density at radius 3 is 2.28 bits per heavy atom. The van der Waals surface area contributed by atoms with Gasteiger partial charge in [0, 0.05) is 5.70 Å². The summed E-state index contributed by atoms with van der Waals surface area (Å²) in [6.07, 6.45) is 9.41. The summed E-state index contributed by atoms with van der Waals surface area (Å²) in [5.74, 6) is 0. The molecule has 92 valence electrons. The van der Waals surface area contributed by atoms with Gasteiger partial charge in [0.25, 0.3) is 0 Å². The van der Waals surface area contributed by atoms with Gasteiger partial charge >= 0.3 is 0 Å². The van der Waals surface area contributed by atoms with Crippen molar-refractivity contribution in [1.82, 2.24) is 0 Å². The fraction of sp³-hybridized carbons (Fsp3) is 0.0588. The fourth-order valence-corrected chi connectivity index (χ4v) is 1.62. The van der Waals surface area contributed by atoms with Crippen molar-refractivity contribution in [3.05, 3.63) is 90.6 Å². The molecule has 0 spiro atoms. The molecule has 0 heterocycles. The van der Waals surface area contributed by atoms with Crippen LogP contribution in [0.2, 0.25) is 0 Å². The van der Waals surface area contributed by atoms with E-state index < -0.39 is 0 Å². The van der Waals surface area contributed by atoms with Gasteiger partial charge in [0.1, 0.15) is 0 Å². The summed E-state index contributed by atoms with van der Waals surface area (Å²) >= 11 is 0. The molecule has 1 nitrogen and oxygen atoms in total. The molecule has 0 aliphatic heterocycles. The van der Waals surface area contributed by atoms with Crippen molar-refractivity contribution in [2.45, 2.75) is 6.92 Å². The predicted molar refractivity (Wildman–Crippen MR) is 80.8 cm³/mol. The van der Waals surface area contributed by atoms with E-state index in [1.165, 1.54) is 0 Å². The summed E-state index contributed by atoms with van der Waals surface area (Å²) in [5.41, 5.74) is 9.88. The zero-order valence-electron chi connectivity index (χ0n) is 10.8. The monoisotopic (exact) mass is 237 g/mol. The minimum absolute atomic E-state index is 0.737. The summed E-state index contributed by atoms with van der Waals surface area (Å²) in [5, 5.41) is 0. The third-order valence-electron chi connectivity index (χ3n) is 2.58. The summed E-state index contributed by atoms with van der Waals surface area (Å²) in [6.45, 7) is 9.48. The molecule has 1 rings (SSSR count). The van der Waals surface area contributed by atoms with E-state index in [9.17, 15) is 0 Å². The van der Waals surface area contributed by atoms with Crippen LogP contribution in [0.15, 0.2) is 85.0 Å². The Bertz CT molecular complexity index is 502. The molecule has 0 amide bonds. The average Bonchev–Trinajstić information content (AvgIpc) is 2.43. The van der Waals surface area contributed by atoms with Crippen molar-refractivity contribution in [1.29, 1.82) is 0 Å². The van der Waals surface area contributed by atoms with Crippen molar-refractivity contribution in [3.8, 4) is 0 Å². The van der Waals surface area contributed by atoms with E-state index in [1.54, 1.807) is 12.2 Å². The molecule has 0 aliphatic carbocycles. The second kappa shape index (κ2) is 7.13.